The number of anilines is 2. The molecule has 2 saturated heterocycles. The van der Waals surface area contributed by atoms with Gasteiger partial charge in [0.2, 0.25) is 5.95 Å². The number of nitrogens with zero attached hydrogens (tertiary/aromatic N) is 5. The van der Waals surface area contributed by atoms with Crippen molar-refractivity contribution in [1.29, 1.82) is 0 Å². The van der Waals surface area contributed by atoms with Gasteiger partial charge in [0, 0.05) is 56.2 Å². The van der Waals surface area contributed by atoms with Crippen molar-refractivity contribution in [2.75, 3.05) is 49.1 Å². The zero-order chi connectivity index (χ0) is 19.5. The van der Waals surface area contributed by atoms with Crippen LogP contribution < -0.4 is 9.80 Å². The smallest absolute Gasteiger partial charge is 0.272 e. The summed E-state index contributed by atoms with van der Waals surface area (Å²) in [6, 6.07) is 9.67. The number of piperidine rings is 1. The van der Waals surface area contributed by atoms with Crippen LogP contribution in [0.15, 0.2) is 36.5 Å². The lowest BCUT2D eigenvalue weighted by molar-refractivity contribution is 0.0691. The van der Waals surface area contributed by atoms with Crippen molar-refractivity contribution in [3.63, 3.8) is 0 Å². The molecule has 3 heterocycles. The highest BCUT2D eigenvalue weighted by atomic mass is 35.5. The SMILES string of the molecule is CC1CCN(C(=O)c2ccnc(N3CCN(c4cccc(Cl)c4)CC3)n2)CC1. The molecule has 2 aliphatic rings. The molecule has 6 nitrogen and oxygen atoms in total. The van der Waals surface area contributed by atoms with E-state index < -0.39 is 0 Å². The first-order chi connectivity index (χ1) is 13.6. The number of benzene rings is 1. The monoisotopic (exact) mass is 399 g/mol. The highest BCUT2D eigenvalue weighted by molar-refractivity contribution is 6.30. The van der Waals surface area contributed by atoms with E-state index in [1.807, 2.05) is 23.1 Å². The molecule has 0 saturated carbocycles. The van der Waals surface area contributed by atoms with Crippen molar-refractivity contribution in [2.45, 2.75) is 19.8 Å². The van der Waals surface area contributed by atoms with Gasteiger partial charge in [-0.3, -0.25) is 4.79 Å². The summed E-state index contributed by atoms with van der Waals surface area (Å²) in [6.45, 7) is 7.23. The van der Waals surface area contributed by atoms with Crippen molar-refractivity contribution in [3.8, 4) is 0 Å². The van der Waals surface area contributed by atoms with Gasteiger partial charge in [0.05, 0.1) is 0 Å². The van der Waals surface area contributed by atoms with Gasteiger partial charge in [-0.05, 0) is 43.0 Å². The number of hydrogen-bond donors (Lipinski definition) is 0. The first kappa shape index (κ1) is 19.0. The van der Waals surface area contributed by atoms with E-state index in [0.717, 1.165) is 62.8 Å². The highest BCUT2D eigenvalue weighted by Gasteiger charge is 2.24. The number of likely N-dealkylation sites (tertiary alicyclic amines) is 1. The molecule has 1 aromatic carbocycles. The zero-order valence-electron chi connectivity index (χ0n) is 16.2. The van der Waals surface area contributed by atoms with Crippen molar-refractivity contribution >= 4 is 29.1 Å². The van der Waals surface area contributed by atoms with E-state index in [9.17, 15) is 4.79 Å². The fourth-order valence-corrected chi connectivity index (χ4v) is 4.02. The predicted molar refractivity (Wildman–Crippen MR) is 112 cm³/mol. The van der Waals surface area contributed by atoms with Crippen LogP contribution in [-0.4, -0.2) is 60.0 Å². The van der Waals surface area contributed by atoms with Crippen LogP contribution in [0, 0.1) is 5.92 Å². The molecule has 0 bridgehead atoms. The van der Waals surface area contributed by atoms with Gasteiger partial charge >= 0.3 is 0 Å². The normalized spacial score (nSPS) is 18.4. The largest absolute Gasteiger partial charge is 0.368 e. The number of rotatable bonds is 3. The third-order valence-electron chi connectivity index (χ3n) is 5.67. The van der Waals surface area contributed by atoms with E-state index in [1.54, 1.807) is 12.3 Å². The van der Waals surface area contributed by atoms with Crippen LogP contribution in [-0.2, 0) is 0 Å². The lowest BCUT2D eigenvalue weighted by atomic mass is 9.99. The first-order valence-corrected chi connectivity index (χ1v) is 10.4. The first-order valence-electron chi connectivity index (χ1n) is 9.98. The minimum atomic E-state index is 0.0214. The van der Waals surface area contributed by atoms with Crippen LogP contribution >= 0.6 is 11.6 Å². The average Bonchev–Trinajstić information content (AvgIpc) is 2.74. The quantitative estimate of drug-likeness (QED) is 0.792. The predicted octanol–water partition coefficient (Wildman–Crippen LogP) is 3.33. The summed E-state index contributed by atoms with van der Waals surface area (Å²) >= 11 is 6.11. The molecule has 148 valence electrons. The van der Waals surface area contributed by atoms with Gasteiger partial charge < -0.3 is 14.7 Å². The molecule has 7 heteroatoms. The molecule has 0 unspecified atom stereocenters. The summed E-state index contributed by atoms with van der Waals surface area (Å²) in [7, 11) is 0. The van der Waals surface area contributed by atoms with Crippen LogP contribution in [0.1, 0.15) is 30.3 Å². The van der Waals surface area contributed by atoms with Gasteiger partial charge in [0.15, 0.2) is 0 Å². The zero-order valence-corrected chi connectivity index (χ0v) is 17.0. The Hall–Kier alpha value is -2.34. The lowest BCUT2D eigenvalue weighted by Gasteiger charge is -2.36. The van der Waals surface area contributed by atoms with Crippen LogP contribution in [0.25, 0.3) is 0 Å². The minimum Gasteiger partial charge on any atom is -0.368 e. The summed E-state index contributed by atoms with van der Waals surface area (Å²) in [5.41, 5.74) is 1.63. The Labute approximate surface area is 171 Å². The molecule has 4 rings (SSSR count). The average molecular weight is 400 g/mol. The molecular formula is C21H26ClN5O. The summed E-state index contributed by atoms with van der Waals surface area (Å²) in [5.74, 6) is 1.36. The number of carbonyl (C=O) groups excluding carboxylic acids is 1. The van der Waals surface area contributed by atoms with Gasteiger partial charge in [-0.25, -0.2) is 9.97 Å². The highest BCUT2D eigenvalue weighted by Crippen LogP contribution is 2.22. The van der Waals surface area contributed by atoms with E-state index in [0.29, 0.717) is 17.6 Å². The Bertz CT molecular complexity index is 829. The summed E-state index contributed by atoms with van der Waals surface area (Å²) in [6.07, 6.45) is 3.83. The molecule has 2 fully saturated rings. The number of hydrogen-bond acceptors (Lipinski definition) is 5. The van der Waals surface area contributed by atoms with Crippen molar-refractivity contribution in [1.82, 2.24) is 14.9 Å². The third kappa shape index (κ3) is 4.22. The molecule has 0 N–H and O–H groups in total. The lowest BCUT2D eigenvalue weighted by Crippen LogP contribution is -2.47. The Morgan fingerprint density at radius 2 is 1.75 bits per heavy atom. The van der Waals surface area contributed by atoms with Gasteiger partial charge in [-0.1, -0.05) is 24.6 Å². The number of halogens is 1. The van der Waals surface area contributed by atoms with E-state index in [1.165, 1.54) is 0 Å². The second-order valence-electron chi connectivity index (χ2n) is 7.67. The van der Waals surface area contributed by atoms with Crippen LogP contribution in [0.4, 0.5) is 11.6 Å². The molecule has 1 amide bonds. The van der Waals surface area contributed by atoms with Gasteiger partial charge in [-0.15, -0.1) is 0 Å². The van der Waals surface area contributed by atoms with E-state index in [-0.39, 0.29) is 5.91 Å². The Kier molecular flexibility index (Phi) is 5.67. The molecule has 0 spiro atoms. The summed E-state index contributed by atoms with van der Waals surface area (Å²) in [4.78, 5) is 28.2. The van der Waals surface area contributed by atoms with Crippen LogP contribution in [0.3, 0.4) is 0 Å². The number of aromatic nitrogens is 2. The summed E-state index contributed by atoms with van der Waals surface area (Å²) < 4.78 is 0. The van der Waals surface area contributed by atoms with E-state index in [2.05, 4.69) is 32.8 Å². The summed E-state index contributed by atoms with van der Waals surface area (Å²) in [5, 5.41) is 0.751. The maximum absolute atomic E-state index is 12.8. The van der Waals surface area contributed by atoms with E-state index in [4.69, 9.17) is 11.6 Å². The second kappa shape index (κ2) is 8.35. The molecule has 0 radical (unpaired) electrons. The molecule has 0 atom stereocenters. The molecule has 2 aromatic rings. The third-order valence-corrected chi connectivity index (χ3v) is 5.90. The fraction of sp³-hybridized carbons (Fsp3) is 0.476. The standard InChI is InChI=1S/C21H26ClN5O/c1-16-6-9-26(10-7-16)20(28)19-5-8-23-21(24-19)27-13-11-25(12-14-27)18-4-2-3-17(22)15-18/h2-5,8,15-16H,6-7,9-14H2,1H3. The van der Waals surface area contributed by atoms with Crippen molar-refractivity contribution in [3.05, 3.63) is 47.2 Å². The Morgan fingerprint density at radius 1 is 1.04 bits per heavy atom. The topological polar surface area (TPSA) is 52.6 Å². The molecule has 1 aromatic heterocycles. The van der Waals surface area contributed by atoms with Crippen molar-refractivity contribution in [2.24, 2.45) is 5.92 Å². The van der Waals surface area contributed by atoms with Crippen LogP contribution in [0.2, 0.25) is 5.02 Å². The van der Waals surface area contributed by atoms with Crippen LogP contribution in [0.5, 0.6) is 0 Å². The molecule has 28 heavy (non-hydrogen) atoms. The molecule has 0 aliphatic carbocycles. The maximum atomic E-state index is 12.8. The fourth-order valence-electron chi connectivity index (χ4n) is 3.83. The van der Waals surface area contributed by atoms with Gasteiger partial charge in [-0.2, -0.15) is 0 Å². The second-order valence-corrected chi connectivity index (χ2v) is 8.11. The van der Waals surface area contributed by atoms with Gasteiger partial charge in [0.25, 0.3) is 5.91 Å². The minimum absolute atomic E-state index is 0.0214. The van der Waals surface area contributed by atoms with Gasteiger partial charge in [0.1, 0.15) is 5.69 Å². The number of amides is 1. The van der Waals surface area contributed by atoms with Crippen molar-refractivity contribution < 1.29 is 4.79 Å². The molecule has 2 aliphatic heterocycles. The molecular weight excluding hydrogens is 374 g/mol. The number of piperazine rings is 1. The maximum Gasteiger partial charge on any atom is 0.272 e. The Morgan fingerprint density at radius 3 is 2.46 bits per heavy atom. The Balaban J connectivity index is 1.40. The number of carbonyl (C=O) groups is 1. The van der Waals surface area contributed by atoms with E-state index >= 15 is 0 Å².